The van der Waals surface area contributed by atoms with Crippen LogP contribution in [0.5, 0.6) is 0 Å². The summed E-state index contributed by atoms with van der Waals surface area (Å²) in [4.78, 5) is 2.03. The van der Waals surface area contributed by atoms with Gasteiger partial charge in [0.25, 0.3) is 0 Å². The highest BCUT2D eigenvalue weighted by atomic mass is 79.9. The number of halogens is 2. The smallest absolute Gasteiger partial charge is 0.377 e. The SMILES string of the molecule is CN(C)c1[c]cccc1.[Br][Mg][Br]. The molecule has 0 N–H and O–H groups in total. The Morgan fingerprint density at radius 3 is 2.17 bits per heavy atom. The highest BCUT2D eigenvalue weighted by molar-refractivity contribution is 9.47. The molecule has 0 aromatic heterocycles. The first kappa shape index (κ1) is 12.7. The monoisotopic (exact) mass is 302 g/mol. The Bertz CT molecular complexity index is 192. The average molecular weight is 304 g/mol. The summed E-state index contributed by atoms with van der Waals surface area (Å²) in [5.74, 6) is 0. The summed E-state index contributed by atoms with van der Waals surface area (Å²) in [5.41, 5.74) is 1.12. The molecule has 1 rings (SSSR count). The Kier molecular flexibility index (Phi) is 8.87. The van der Waals surface area contributed by atoms with Crippen molar-refractivity contribution in [2.75, 3.05) is 19.0 Å². The van der Waals surface area contributed by atoms with Crippen LogP contribution in [0.1, 0.15) is 0 Å². The van der Waals surface area contributed by atoms with Gasteiger partial charge in [-0.05, 0) is 6.07 Å². The Labute approximate surface area is 96.0 Å². The van der Waals surface area contributed by atoms with E-state index in [4.69, 9.17) is 0 Å². The van der Waals surface area contributed by atoms with Crippen LogP contribution >= 0.6 is 25.8 Å². The largest absolute Gasteiger partial charge is 0.560 e. The molecule has 1 nitrogen and oxygen atoms in total. The van der Waals surface area contributed by atoms with Gasteiger partial charge in [-0.3, -0.25) is 25.8 Å². The number of para-hydroxylation sites is 1. The lowest BCUT2D eigenvalue weighted by atomic mass is 10.3. The fourth-order valence-electron chi connectivity index (χ4n) is 0.662. The summed E-state index contributed by atoms with van der Waals surface area (Å²) in [5, 5.41) is 0. The molecule has 0 heterocycles. The van der Waals surface area contributed by atoms with Gasteiger partial charge in [0.2, 0.25) is 0 Å². The van der Waals surface area contributed by atoms with Crippen molar-refractivity contribution >= 4 is 47.5 Å². The molecule has 0 unspecified atom stereocenters. The Morgan fingerprint density at radius 2 is 1.92 bits per heavy atom. The zero-order valence-corrected chi connectivity index (χ0v) is 11.8. The number of rotatable bonds is 1. The second-order valence-electron chi connectivity index (χ2n) is 2.24. The number of hydrogen-bond acceptors (Lipinski definition) is 1. The Morgan fingerprint density at radius 1 is 1.33 bits per heavy atom. The predicted octanol–water partition coefficient (Wildman–Crippen LogP) is 2.86. The first-order valence-electron chi connectivity index (χ1n) is 3.48. The lowest BCUT2D eigenvalue weighted by Crippen LogP contribution is -2.07. The molecule has 0 aliphatic rings. The molecule has 0 aliphatic heterocycles. The number of nitrogens with zero attached hydrogens (tertiary/aromatic N) is 1. The van der Waals surface area contributed by atoms with Gasteiger partial charge in [0.1, 0.15) is 0 Å². The van der Waals surface area contributed by atoms with E-state index in [-0.39, 0.29) is 16.0 Å². The van der Waals surface area contributed by atoms with E-state index in [0.717, 1.165) is 5.69 Å². The minimum atomic E-state index is 0.0417. The molecule has 1 radical (unpaired) electrons. The fraction of sp³-hybridized carbons (Fsp3) is 0.250. The fourth-order valence-corrected chi connectivity index (χ4v) is 0.662. The van der Waals surface area contributed by atoms with Crippen molar-refractivity contribution in [1.82, 2.24) is 0 Å². The second kappa shape index (κ2) is 8.35. The molecule has 0 atom stereocenters. The zero-order chi connectivity index (χ0) is 9.40. The zero-order valence-electron chi connectivity index (χ0n) is 7.22. The van der Waals surface area contributed by atoms with Gasteiger partial charge in [-0.1, -0.05) is 18.2 Å². The molecule has 0 saturated heterocycles. The normalized spacial score (nSPS) is 7.67. The van der Waals surface area contributed by atoms with Crippen molar-refractivity contribution in [2.45, 2.75) is 0 Å². The maximum Gasteiger partial charge on any atom is 0.560 e. The molecule has 0 spiro atoms. The van der Waals surface area contributed by atoms with Crippen molar-refractivity contribution in [3.05, 3.63) is 30.3 Å². The van der Waals surface area contributed by atoms with E-state index in [1.807, 2.05) is 43.3 Å². The first-order valence-corrected chi connectivity index (χ1v) is 11.3. The van der Waals surface area contributed by atoms with Crippen molar-refractivity contribution < 1.29 is 0 Å². The van der Waals surface area contributed by atoms with Gasteiger partial charge in [0.15, 0.2) is 0 Å². The van der Waals surface area contributed by atoms with E-state index in [0.29, 0.717) is 0 Å². The Hall–Kier alpha value is 0.746. The molecule has 1 aromatic rings. The molecule has 0 amide bonds. The van der Waals surface area contributed by atoms with E-state index >= 15 is 0 Å². The average Bonchev–Trinajstić information content (AvgIpc) is 2.07. The molecule has 0 saturated carbocycles. The van der Waals surface area contributed by atoms with Gasteiger partial charge >= 0.3 is 16.0 Å². The molecule has 0 fully saturated rings. The highest BCUT2D eigenvalue weighted by Crippen LogP contribution is 2.06. The molecular formula is C8H10Br2MgN. The van der Waals surface area contributed by atoms with Gasteiger partial charge in [-0.15, -0.1) is 0 Å². The minimum absolute atomic E-state index is 0.0417. The third-order valence-electron chi connectivity index (χ3n) is 1.17. The number of benzene rings is 1. The summed E-state index contributed by atoms with van der Waals surface area (Å²) >= 11 is 6.44. The Balaban J connectivity index is 0.000000354. The third kappa shape index (κ3) is 6.28. The van der Waals surface area contributed by atoms with Crippen LogP contribution in [-0.4, -0.2) is 30.1 Å². The quantitative estimate of drug-likeness (QED) is 0.721. The topological polar surface area (TPSA) is 3.24 Å². The maximum atomic E-state index is 3.20. The van der Waals surface area contributed by atoms with Gasteiger partial charge in [0, 0.05) is 25.8 Å². The van der Waals surface area contributed by atoms with Gasteiger partial charge < -0.3 is 4.90 Å². The van der Waals surface area contributed by atoms with Crippen molar-refractivity contribution in [3.63, 3.8) is 0 Å². The van der Waals surface area contributed by atoms with Crippen LogP contribution < -0.4 is 4.90 Å². The first-order chi connectivity index (χ1) is 5.72. The van der Waals surface area contributed by atoms with Crippen LogP contribution in [0.15, 0.2) is 24.3 Å². The third-order valence-corrected chi connectivity index (χ3v) is 1.17. The molecular weight excluding hydrogens is 294 g/mol. The van der Waals surface area contributed by atoms with Crippen LogP contribution in [0, 0.1) is 6.07 Å². The van der Waals surface area contributed by atoms with Crippen LogP contribution in [0.25, 0.3) is 0 Å². The van der Waals surface area contributed by atoms with Crippen LogP contribution in [-0.2, 0) is 0 Å². The highest BCUT2D eigenvalue weighted by Gasteiger charge is 1.88. The van der Waals surface area contributed by atoms with E-state index in [1.54, 1.807) is 0 Å². The molecule has 0 bridgehead atoms. The van der Waals surface area contributed by atoms with Crippen LogP contribution in [0.2, 0.25) is 0 Å². The lowest BCUT2D eigenvalue weighted by Gasteiger charge is -2.09. The van der Waals surface area contributed by atoms with Gasteiger partial charge in [-0.25, -0.2) is 0 Å². The molecule has 1 aromatic carbocycles. The summed E-state index contributed by atoms with van der Waals surface area (Å²) in [7, 11) is 4.01. The van der Waals surface area contributed by atoms with Gasteiger partial charge in [-0.2, -0.15) is 0 Å². The number of hydrogen-bond donors (Lipinski definition) is 0. The summed E-state index contributed by atoms with van der Waals surface area (Å²) < 4.78 is 0. The summed E-state index contributed by atoms with van der Waals surface area (Å²) in [6.07, 6.45) is 0. The minimum Gasteiger partial charge on any atom is -0.377 e. The van der Waals surface area contributed by atoms with E-state index in [1.165, 1.54) is 0 Å². The summed E-state index contributed by atoms with van der Waals surface area (Å²) in [6.45, 7) is 0. The van der Waals surface area contributed by atoms with Gasteiger partial charge in [0.05, 0.1) is 0 Å². The molecule has 12 heavy (non-hydrogen) atoms. The van der Waals surface area contributed by atoms with Crippen LogP contribution in [0.3, 0.4) is 0 Å². The van der Waals surface area contributed by atoms with Crippen molar-refractivity contribution in [2.24, 2.45) is 0 Å². The molecule has 0 aliphatic carbocycles. The predicted molar refractivity (Wildman–Crippen MR) is 63.2 cm³/mol. The lowest BCUT2D eigenvalue weighted by molar-refractivity contribution is 1.13. The standard InChI is InChI=1S/C8H10N.2BrH.Mg/c1-9(2)8-6-4-3-5-7-8;;;/h3-6H,1-2H3;2*1H;/q;;;+2/p-2. The molecule has 4 heteroatoms. The van der Waals surface area contributed by atoms with Crippen molar-refractivity contribution in [3.8, 4) is 0 Å². The van der Waals surface area contributed by atoms with E-state index < -0.39 is 0 Å². The van der Waals surface area contributed by atoms with E-state index in [9.17, 15) is 0 Å². The van der Waals surface area contributed by atoms with Crippen LogP contribution in [0.4, 0.5) is 5.69 Å². The second-order valence-corrected chi connectivity index (χ2v) is 10.3. The summed E-state index contributed by atoms with van der Waals surface area (Å²) in [6, 6.07) is 11.0. The van der Waals surface area contributed by atoms with Crippen molar-refractivity contribution in [1.29, 1.82) is 0 Å². The van der Waals surface area contributed by atoms with E-state index in [2.05, 4.69) is 31.8 Å². The number of anilines is 1. The maximum absolute atomic E-state index is 3.20. The molecule has 63 valence electrons.